The van der Waals surface area contributed by atoms with Crippen LogP contribution >= 0.6 is 27.5 Å². The lowest BCUT2D eigenvalue weighted by Crippen LogP contribution is -1.94. The van der Waals surface area contributed by atoms with Crippen molar-refractivity contribution in [2.75, 3.05) is 0 Å². The number of halogens is 3. The molecule has 2 rings (SSSR count). The van der Waals surface area contributed by atoms with Gasteiger partial charge in [0, 0.05) is 0 Å². The van der Waals surface area contributed by atoms with Gasteiger partial charge in [-0.2, -0.15) is 0 Å². The highest BCUT2D eigenvalue weighted by molar-refractivity contribution is 9.10. The molecule has 0 saturated heterocycles. The summed E-state index contributed by atoms with van der Waals surface area (Å²) >= 11 is 9.10. The third-order valence-electron chi connectivity index (χ3n) is 1.74. The van der Waals surface area contributed by atoms with Gasteiger partial charge < -0.3 is 0 Å². The van der Waals surface area contributed by atoms with E-state index in [-0.39, 0.29) is 5.82 Å². The van der Waals surface area contributed by atoms with Crippen molar-refractivity contribution in [1.29, 1.82) is 0 Å². The van der Waals surface area contributed by atoms with Crippen molar-refractivity contribution in [2.24, 2.45) is 0 Å². The summed E-state index contributed by atoms with van der Waals surface area (Å²) in [6.45, 7) is 0. The molecular formula is C9H5BrClFN2. The SMILES string of the molecule is Fc1cccc(-n2c(Br)cnc2Cl)c1. The van der Waals surface area contributed by atoms with E-state index in [4.69, 9.17) is 11.6 Å². The van der Waals surface area contributed by atoms with Crippen molar-refractivity contribution >= 4 is 27.5 Å². The summed E-state index contributed by atoms with van der Waals surface area (Å²) in [6.07, 6.45) is 1.56. The fourth-order valence-electron chi connectivity index (χ4n) is 1.16. The van der Waals surface area contributed by atoms with Gasteiger partial charge in [0.2, 0.25) is 5.28 Å². The lowest BCUT2D eigenvalue weighted by Gasteiger charge is -2.04. The first-order chi connectivity index (χ1) is 6.68. The average molecular weight is 276 g/mol. The van der Waals surface area contributed by atoms with E-state index in [2.05, 4.69) is 20.9 Å². The summed E-state index contributed by atoms with van der Waals surface area (Å²) in [5.41, 5.74) is 0.638. The van der Waals surface area contributed by atoms with Gasteiger partial charge in [-0.25, -0.2) is 9.37 Å². The molecule has 0 unspecified atom stereocenters. The Balaban J connectivity index is 2.59. The monoisotopic (exact) mass is 274 g/mol. The second-order valence-corrected chi connectivity index (χ2v) is 3.82. The highest BCUT2D eigenvalue weighted by Gasteiger charge is 2.07. The Labute approximate surface area is 93.5 Å². The second-order valence-electron chi connectivity index (χ2n) is 2.67. The maximum absolute atomic E-state index is 12.9. The van der Waals surface area contributed by atoms with E-state index >= 15 is 0 Å². The predicted molar refractivity (Wildman–Crippen MR) is 56.2 cm³/mol. The van der Waals surface area contributed by atoms with E-state index in [0.29, 0.717) is 15.6 Å². The van der Waals surface area contributed by atoms with Gasteiger partial charge in [0.05, 0.1) is 11.9 Å². The summed E-state index contributed by atoms with van der Waals surface area (Å²) in [5.74, 6) is -0.306. The fraction of sp³-hybridized carbons (Fsp3) is 0. The van der Waals surface area contributed by atoms with Crippen molar-refractivity contribution in [3.05, 3.63) is 46.2 Å². The molecule has 1 aromatic carbocycles. The van der Waals surface area contributed by atoms with Crippen molar-refractivity contribution in [3.8, 4) is 5.69 Å². The van der Waals surface area contributed by atoms with Gasteiger partial charge in [0.15, 0.2) is 0 Å². The number of hydrogen-bond donors (Lipinski definition) is 0. The molecule has 0 aliphatic carbocycles. The van der Waals surface area contributed by atoms with Gasteiger partial charge in [0.25, 0.3) is 0 Å². The first-order valence-corrected chi connectivity index (χ1v) is 5.00. The molecule has 1 heterocycles. The highest BCUT2D eigenvalue weighted by Crippen LogP contribution is 2.22. The summed E-state index contributed by atoms with van der Waals surface area (Å²) in [6, 6.07) is 6.13. The van der Waals surface area contributed by atoms with Crippen molar-refractivity contribution in [1.82, 2.24) is 9.55 Å². The zero-order valence-electron chi connectivity index (χ0n) is 6.92. The van der Waals surface area contributed by atoms with Crippen LogP contribution in [-0.4, -0.2) is 9.55 Å². The molecule has 0 N–H and O–H groups in total. The third kappa shape index (κ3) is 1.67. The molecule has 0 radical (unpaired) electrons. The van der Waals surface area contributed by atoms with E-state index in [0.717, 1.165) is 0 Å². The highest BCUT2D eigenvalue weighted by atomic mass is 79.9. The topological polar surface area (TPSA) is 17.8 Å². The van der Waals surface area contributed by atoms with Crippen LogP contribution in [0.1, 0.15) is 0 Å². The molecule has 0 spiro atoms. The molecule has 0 aliphatic heterocycles. The summed E-state index contributed by atoms with van der Waals surface area (Å²) in [4.78, 5) is 3.88. The Kier molecular flexibility index (Phi) is 2.56. The lowest BCUT2D eigenvalue weighted by molar-refractivity contribution is 0.626. The van der Waals surface area contributed by atoms with Crippen LogP contribution in [0.3, 0.4) is 0 Å². The number of nitrogens with zero attached hydrogens (tertiary/aromatic N) is 2. The molecule has 0 bridgehead atoms. The maximum Gasteiger partial charge on any atom is 0.208 e. The van der Waals surface area contributed by atoms with Crippen molar-refractivity contribution in [3.63, 3.8) is 0 Å². The zero-order valence-corrected chi connectivity index (χ0v) is 9.26. The van der Waals surface area contributed by atoms with E-state index in [9.17, 15) is 4.39 Å². The van der Waals surface area contributed by atoms with E-state index in [1.54, 1.807) is 22.9 Å². The standard InChI is InChI=1S/C9H5BrClFN2/c10-8-5-13-9(11)14(8)7-3-1-2-6(12)4-7/h1-5H. The Morgan fingerprint density at radius 3 is 2.79 bits per heavy atom. The van der Waals surface area contributed by atoms with Crippen LogP contribution in [-0.2, 0) is 0 Å². The molecule has 0 amide bonds. The van der Waals surface area contributed by atoms with Crippen LogP contribution < -0.4 is 0 Å². The molecule has 72 valence electrons. The minimum Gasteiger partial charge on any atom is -0.277 e. The quantitative estimate of drug-likeness (QED) is 0.780. The fourth-order valence-corrected chi connectivity index (χ4v) is 1.97. The smallest absolute Gasteiger partial charge is 0.208 e. The van der Waals surface area contributed by atoms with Crippen molar-refractivity contribution in [2.45, 2.75) is 0 Å². The summed E-state index contributed by atoms with van der Waals surface area (Å²) in [7, 11) is 0. The van der Waals surface area contributed by atoms with E-state index in [1.165, 1.54) is 12.1 Å². The number of hydrogen-bond acceptors (Lipinski definition) is 1. The molecular weight excluding hydrogens is 270 g/mol. The molecule has 1 aromatic heterocycles. The molecule has 0 atom stereocenters. The molecule has 0 aliphatic rings. The van der Waals surface area contributed by atoms with E-state index < -0.39 is 0 Å². The normalized spacial score (nSPS) is 10.5. The first kappa shape index (κ1) is 9.68. The molecule has 2 nitrogen and oxygen atoms in total. The Morgan fingerprint density at radius 2 is 2.21 bits per heavy atom. The van der Waals surface area contributed by atoms with Crippen LogP contribution in [0.4, 0.5) is 4.39 Å². The molecule has 14 heavy (non-hydrogen) atoms. The average Bonchev–Trinajstić information content (AvgIpc) is 2.46. The van der Waals surface area contributed by atoms with Gasteiger partial charge in [-0.3, -0.25) is 4.57 Å². The number of benzene rings is 1. The molecule has 0 saturated carbocycles. The summed E-state index contributed by atoms with van der Waals surface area (Å²) in [5, 5.41) is 0.294. The van der Waals surface area contributed by atoms with Crippen LogP contribution in [0.15, 0.2) is 35.1 Å². The first-order valence-electron chi connectivity index (χ1n) is 3.83. The molecule has 0 fully saturated rings. The number of aromatic nitrogens is 2. The second kappa shape index (κ2) is 3.71. The van der Waals surface area contributed by atoms with Crippen LogP contribution in [0.5, 0.6) is 0 Å². The lowest BCUT2D eigenvalue weighted by atomic mass is 10.3. The van der Waals surface area contributed by atoms with E-state index in [1.807, 2.05) is 0 Å². The minimum atomic E-state index is -0.306. The number of rotatable bonds is 1. The molecule has 5 heteroatoms. The third-order valence-corrected chi connectivity index (χ3v) is 2.57. The van der Waals surface area contributed by atoms with Crippen LogP contribution in [0.25, 0.3) is 5.69 Å². The van der Waals surface area contributed by atoms with Crippen molar-refractivity contribution < 1.29 is 4.39 Å². The largest absolute Gasteiger partial charge is 0.277 e. The van der Waals surface area contributed by atoms with Gasteiger partial charge in [-0.05, 0) is 45.7 Å². The zero-order chi connectivity index (χ0) is 10.1. The van der Waals surface area contributed by atoms with Gasteiger partial charge in [-0.1, -0.05) is 6.07 Å². The molecule has 2 aromatic rings. The Hall–Kier alpha value is -0.870. The van der Waals surface area contributed by atoms with Gasteiger partial charge in [0.1, 0.15) is 10.4 Å². The Bertz CT molecular complexity index is 450. The Morgan fingerprint density at radius 1 is 1.43 bits per heavy atom. The summed E-state index contributed by atoms with van der Waals surface area (Å²) < 4.78 is 15.2. The van der Waals surface area contributed by atoms with Crippen LogP contribution in [0, 0.1) is 5.82 Å². The van der Waals surface area contributed by atoms with Crippen LogP contribution in [0.2, 0.25) is 5.28 Å². The maximum atomic E-state index is 12.9. The number of imidazole rings is 1. The predicted octanol–water partition coefficient (Wildman–Crippen LogP) is 3.43. The van der Waals surface area contributed by atoms with Gasteiger partial charge in [-0.15, -0.1) is 0 Å². The van der Waals surface area contributed by atoms with Gasteiger partial charge >= 0.3 is 0 Å². The minimum absolute atomic E-state index is 0.294.